The number of fused-ring (bicyclic) bond motifs is 1. The van der Waals surface area contributed by atoms with Crippen molar-refractivity contribution in [2.45, 2.75) is 6.92 Å². The van der Waals surface area contributed by atoms with Crippen LogP contribution in [0.4, 0.5) is 4.39 Å². The highest BCUT2D eigenvalue weighted by Gasteiger charge is 2.18. The van der Waals surface area contributed by atoms with E-state index in [-0.39, 0.29) is 11.3 Å². The Labute approximate surface area is 136 Å². The normalized spacial score (nSPS) is 10.7. The van der Waals surface area contributed by atoms with E-state index in [2.05, 4.69) is 0 Å². The monoisotopic (exact) mass is 328 g/mol. The quantitative estimate of drug-likeness (QED) is 0.527. The maximum absolute atomic E-state index is 13.5. The predicted molar refractivity (Wildman–Crippen MR) is 87.6 cm³/mol. The standard InChI is InChI=1S/C18H13FO3S/c1-11-12-6-3-5-9-16(12)23-17(11)15(20)10-22-18(21)13-7-2-4-8-14(13)19/h2-9H,10H2,1H3. The highest BCUT2D eigenvalue weighted by atomic mass is 32.1. The minimum atomic E-state index is -0.838. The van der Waals surface area contributed by atoms with Crippen LogP contribution >= 0.6 is 11.3 Å². The molecule has 0 N–H and O–H groups in total. The summed E-state index contributed by atoms with van der Waals surface area (Å²) in [6.07, 6.45) is 0. The van der Waals surface area contributed by atoms with Crippen molar-refractivity contribution in [3.63, 3.8) is 0 Å². The number of ether oxygens (including phenoxy) is 1. The third kappa shape index (κ3) is 3.00. The molecular formula is C18H13FO3S. The van der Waals surface area contributed by atoms with Gasteiger partial charge in [0.05, 0.1) is 10.4 Å². The van der Waals surface area contributed by atoms with Gasteiger partial charge in [-0.1, -0.05) is 30.3 Å². The average Bonchev–Trinajstić information content (AvgIpc) is 2.90. The smallest absolute Gasteiger partial charge is 0.341 e. The number of halogens is 1. The summed E-state index contributed by atoms with van der Waals surface area (Å²) in [6, 6.07) is 13.2. The van der Waals surface area contributed by atoms with Crippen LogP contribution in [0.15, 0.2) is 48.5 Å². The Morgan fingerprint density at radius 1 is 1.09 bits per heavy atom. The zero-order chi connectivity index (χ0) is 16.4. The van der Waals surface area contributed by atoms with Gasteiger partial charge in [0, 0.05) is 4.70 Å². The van der Waals surface area contributed by atoms with Crippen LogP contribution in [0.2, 0.25) is 0 Å². The van der Waals surface area contributed by atoms with E-state index < -0.39 is 18.4 Å². The molecular weight excluding hydrogens is 315 g/mol. The summed E-state index contributed by atoms with van der Waals surface area (Å²) in [6.45, 7) is 1.46. The molecule has 0 saturated heterocycles. The van der Waals surface area contributed by atoms with Gasteiger partial charge in [-0.3, -0.25) is 4.79 Å². The molecule has 0 fully saturated rings. The van der Waals surface area contributed by atoms with Gasteiger partial charge in [-0.15, -0.1) is 11.3 Å². The molecule has 0 aliphatic carbocycles. The van der Waals surface area contributed by atoms with Crippen LogP contribution in [-0.2, 0) is 4.74 Å². The van der Waals surface area contributed by atoms with Crippen LogP contribution < -0.4 is 0 Å². The van der Waals surface area contributed by atoms with Gasteiger partial charge in [0.15, 0.2) is 6.61 Å². The van der Waals surface area contributed by atoms with Crippen molar-refractivity contribution < 1.29 is 18.7 Å². The fourth-order valence-corrected chi connectivity index (χ4v) is 3.47. The van der Waals surface area contributed by atoms with Crippen LogP contribution in [0.5, 0.6) is 0 Å². The Hall–Kier alpha value is -2.53. The average molecular weight is 328 g/mol. The summed E-state index contributed by atoms with van der Waals surface area (Å²) in [5.74, 6) is -1.79. The van der Waals surface area contributed by atoms with Gasteiger partial charge in [0.25, 0.3) is 0 Å². The molecule has 116 valence electrons. The predicted octanol–water partition coefficient (Wildman–Crippen LogP) is 4.39. The van der Waals surface area contributed by atoms with Gasteiger partial charge >= 0.3 is 5.97 Å². The molecule has 0 saturated carbocycles. The molecule has 0 atom stereocenters. The Morgan fingerprint density at radius 2 is 1.78 bits per heavy atom. The lowest BCUT2D eigenvalue weighted by Crippen LogP contribution is -2.15. The van der Waals surface area contributed by atoms with Crippen molar-refractivity contribution >= 4 is 33.2 Å². The molecule has 23 heavy (non-hydrogen) atoms. The summed E-state index contributed by atoms with van der Waals surface area (Å²) in [5.41, 5.74) is 0.700. The highest BCUT2D eigenvalue weighted by Crippen LogP contribution is 2.30. The highest BCUT2D eigenvalue weighted by molar-refractivity contribution is 7.21. The zero-order valence-electron chi connectivity index (χ0n) is 12.3. The Balaban J connectivity index is 1.75. The SMILES string of the molecule is Cc1c(C(=O)COC(=O)c2ccccc2F)sc2ccccc12. The van der Waals surface area contributed by atoms with E-state index in [1.165, 1.54) is 35.6 Å². The number of hydrogen-bond donors (Lipinski definition) is 0. The van der Waals surface area contributed by atoms with Crippen LogP contribution in [0.25, 0.3) is 10.1 Å². The lowest BCUT2D eigenvalue weighted by molar-refractivity contribution is 0.0471. The number of carbonyl (C=O) groups excluding carboxylic acids is 2. The number of rotatable bonds is 4. The number of hydrogen-bond acceptors (Lipinski definition) is 4. The summed E-state index contributed by atoms with van der Waals surface area (Å²) >= 11 is 1.37. The lowest BCUT2D eigenvalue weighted by atomic mass is 10.1. The first-order chi connectivity index (χ1) is 11.1. The molecule has 0 amide bonds. The molecule has 1 aromatic heterocycles. The van der Waals surface area contributed by atoms with Crippen LogP contribution in [-0.4, -0.2) is 18.4 Å². The number of aryl methyl sites for hydroxylation is 1. The van der Waals surface area contributed by atoms with Gasteiger partial charge in [0.1, 0.15) is 5.82 Å². The molecule has 1 heterocycles. The third-order valence-electron chi connectivity index (χ3n) is 3.53. The molecule has 0 aliphatic rings. The van der Waals surface area contributed by atoms with Gasteiger partial charge in [-0.05, 0) is 36.1 Å². The summed E-state index contributed by atoms with van der Waals surface area (Å²) in [4.78, 5) is 24.7. The van der Waals surface area contributed by atoms with E-state index in [4.69, 9.17) is 4.74 Å². The Morgan fingerprint density at radius 3 is 2.52 bits per heavy atom. The van der Waals surface area contributed by atoms with E-state index in [0.717, 1.165) is 15.6 Å². The fourth-order valence-electron chi connectivity index (χ4n) is 2.34. The number of esters is 1. The Bertz CT molecular complexity index is 898. The lowest BCUT2D eigenvalue weighted by Gasteiger charge is -2.04. The van der Waals surface area contributed by atoms with Crippen molar-refractivity contribution in [2.75, 3.05) is 6.61 Å². The minimum absolute atomic E-state index is 0.173. The Kier molecular flexibility index (Phi) is 4.21. The summed E-state index contributed by atoms with van der Waals surface area (Å²) in [7, 11) is 0. The van der Waals surface area contributed by atoms with E-state index >= 15 is 0 Å². The molecule has 0 spiro atoms. The molecule has 3 aromatic rings. The second kappa shape index (κ2) is 6.30. The minimum Gasteiger partial charge on any atom is -0.454 e. The zero-order valence-corrected chi connectivity index (χ0v) is 13.2. The van der Waals surface area contributed by atoms with Crippen molar-refractivity contribution in [3.8, 4) is 0 Å². The van der Waals surface area contributed by atoms with Crippen molar-refractivity contribution in [3.05, 3.63) is 70.4 Å². The number of ketones is 1. The van der Waals surface area contributed by atoms with Gasteiger partial charge in [-0.2, -0.15) is 0 Å². The molecule has 2 aromatic carbocycles. The molecule has 5 heteroatoms. The van der Waals surface area contributed by atoms with E-state index in [0.29, 0.717) is 4.88 Å². The number of carbonyl (C=O) groups is 2. The molecule has 0 radical (unpaired) electrons. The molecule has 0 bridgehead atoms. The first kappa shape index (κ1) is 15.4. The largest absolute Gasteiger partial charge is 0.454 e. The van der Waals surface area contributed by atoms with Crippen molar-refractivity contribution in [1.29, 1.82) is 0 Å². The van der Waals surface area contributed by atoms with Crippen molar-refractivity contribution in [2.24, 2.45) is 0 Å². The van der Waals surface area contributed by atoms with E-state index in [9.17, 15) is 14.0 Å². The topological polar surface area (TPSA) is 43.4 Å². The maximum atomic E-state index is 13.5. The van der Waals surface area contributed by atoms with Gasteiger partial charge < -0.3 is 4.74 Å². The summed E-state index contributed by atoms with van der Waals surface area (Å²) in [5, 5.41) is 1.02. The molecule has 3 rings (SSSR count). The molecule has 0 unspecified atom stereocenters. The fraction of sp³-hybridized carbons (Fsp3) is 0.111. The van der Waals surface area contributed by atoms with Crippen LogP contribution in [0.1, 0.15) is 25.6 Å². The van der Waals surface area contributed by atoms with Gasteiger partial charge in [0.2, 0.25) is 5.78 Å². The third-order valence-corrected chi connectivity index (χ3v) is 4.84. The summed E-state index contributed by atoms with van der Waals surface area (Å²) < 4.78 is 19.5. The second-order valence-electron chi connectivity index (χ2n) is 5.03. The first-order valence-electron chi connectivity index (χ1n) is 7.01. The van der Waals surface area contributed by atoms with E-state index in [1.807, 2.05) is 31.2 Å². The molecule has 3 nitrogen and oxygen atoms in total. The first-order valence-corrected chi connectivity index (χ1v) is 7.82. The van der Waals surface area contributed by atoms with Crippen molar-refractivity contribution in [1.82, 2.24) is 0 Å². The maximum Gasteiger partial charge on any atom is 0.341 e. The van der Waals surface area contributed by atoms with Gasteiger partial charge in [-0.25, -0.2) is 9.18 Å². The van der Waals surface area contributed by atoms with Crippen LogP contribution in [0, 0.1) is 12.7 Å². The number of thiophene rings is 1. The number of benzene rings is 2. The molecule has 0 aliphatic heterocycles. The second-order valence-corrected chi connectivity index (χ2v) is 6.08. The number of Topliss-reactive ketones (excluding diaryl/α,β-unsaturated/α-hetero) is 1. The van der Waals surface area contributed by atoms with Crippen LogP contribution in [0.3, 0.4) is 0 Å². The van der Waals surface area contributed by atoms with E-state index in [1.54, 1.807) is 0 Å².